The number of morpholine rings is 1. The minimum atomic E-state index is -0.509. The number of carbonyl (C=O) groups excluding carboxylic acids is 1. The van der Waals surface area contributed by atoms with E-state index < -0.39 is 11.2 Å². The fourth-order valence-electron chi connectivity index (χ4n) is 3.89. The van der Waals surface area contributed by atoms with E-state index in [0.717, 1.165) is 29.9 Å². The fraction of sp³-hybridized carbons (Fsp3) is 0.455. The van der Waals surface area contributed by atoms with Gasteiger partial charge >= 0.3 is 6.09 Å². The summed E-state index contributed by atoms with van der Waals surface area (Å²) in [4.78, 5) is 18.8. The van der Waals surface area contributed by atoms with E-state index in [0.29, 0.717) is 18.2 Å². The van der Waals surface area contributed by atoms with Crippen molar-refractivity contribution in [1.29, 1.82) is 0 Å². The zero-order valence-electron chi connectivity index (χ0n) is 16.9. The zero-order valence-corrected chi connectivity index (χ0v) is 17.7. The highest BCUT2D eigenvalue weighted by molar-refractivity contribution is 6.30. The van der Waals surface area contributed by atoms with Crippen LogP contribution in [0.25, 0.3) is 0 Å². The Bertz CT molecular complexity index is 870. The number of aromatic nitrogens is 1. The van der Waals surface area contributed by atoms with Crippen LogP contribution in [0, 0.1) is 0 Å². The summed E-state index contributed by atoms with van der Waals surface area (Å²) >= 11 is 5.88. The second-order valence-electron chi connectivity index (χ2n) is 8.67. The number of hydrogen-bond donors (Lipinski definition) is 1. The van der Waals surface area contributed by atoms with Crippen molar-refractivity contribution < 1.29 is 14.3 Å². The smallest absolute Gasteiger partial charge is 0.410 e. The number of benzene rings is 1. The summed E-state index contributed by atoms with van der Waals surface area (Å²) in [7, 11) is 0. The quantitative estimate of drug-likeness (QED) is 0.755. The molecular weight excluding hydrogens is 390 g/mol. The second kappa shape index (κ2) is 7.50. The largest absolute Gasteiger partial charge is 0.444 e. The van der Waals surface area contributed by atoms with Crippen LogP contribution in [0.15, 0.2) is 42.6 Å². The minimum absolute atomic E-state index is 0.0867. The first-order valence-corrected chi connectivity index (χ1v) is 10.2. The van der Waals surface area contributed by atoms with Gasteiger partial charge in [0.1, 0.15) is 17.0 Å². The molecule has 1 aromatic heterocycles. The lowest BCUT2D eigenvalue weighted by atomic mass is 9.80. The molecule has 1 amide bonds. The number of hydrogen-bond acceptors (Lipinski definition) is 5. The van der Waals surface area contributed by atoms with E-state index in [2.05, 4.69) is 22.4 Å². The fourth-order valence-corrected chi connectivity index (χ4v) is 4.01. The van der Waals surface area contributed by atoms with Gasteiger partial charge in [-0.2, -0.15) is 0 Å². The van der Waals surface area contributed by atoms with E-state index in [4.69, 9.17) is 21.1 Å². The van der Waals surface area contributed by atoms with E-state index in [1.165, 1.54) is 0 Å². The van der Waals surface area contributed by atoms with E-state index >= 15 is 0 Å². The number of anilines is 2. The molecule has 1 N–H and O–H groups in total. The highest BCUT2D eigenvalue weighted by Gasteiger charge is 2.49. The Hall–Kier alpha value is -2.31. The molecule has 6 nitrogen and oxygen atoms in total. The first-order valence-electron chi connectivity index (χ1n) is 9.87. The molecule has 2 atom stereocenters. The number of nitrogens with one attached hydrogen (secondary N) is 1. The Morgan fingerprint density at radius 2 is 2.03 bits per heavy atom. The number of piperidine rings is 1. The Labute approximate surface area is 176 Å². The predicted molar refractivity (Wildman–Crippen MR) is 113 cm³/mol. The Kier molecular flexibility index (Phi) is 5.17. The molecule has 7 heteroatoms. The van der Waals surface area contributed by atoms with Gasteiger partial charge in [-0.05, 0) is 63.4 Å². The standard InChI is InChI=1S/C22H26ClN3O3/c1-21(2,3)29-20(27)26-14-22(11-10-18(26)13-28-22)15-4-7-17(8-5-15)25-19-9-6-16(23)12-24-19/h4-9,12,18H,10-11,13-14H2,1-3H3,(H,24,25). The molecule has 154 valence electrons. The molecule has 3 saturated heterocycles. The van der Waals surface area contributed by atoms with E-state index in [1.807, 2.05) is 43.9 Å². The van der Waals surface area contributed by atoms with Gasteiger partial charge in [0.2, 0.25) is 0 Å². The summed E-state index contributed by atoms with van der Waals surface area (Å²) in [5.74, 6) is 0.728. The Balaban J connectivity index is 1.49. The van der Waals surface area contributed by atoms with Crippen LogP contribution in [0.4, 0.5) is 16.3 Å². The molecule has 0 radical (unpaired) electrons. The van der Waals surface area contributed by atoms with Gasteiger partial charge in [-0.3, -0.25) is 4.90 Å². The molecule has 29 heavy (non-hydrogen) atoms. The lowest BCUT2D eigenvalue weighted by Crippen LogP contribution is -2.62. The number of ether oxygens (including phenoxy) is 2. The third-order valence-electron chi connectivity index (χ3n) is 5.34. The van der Waals surface area contributed by atoms with Crippen LogP contribution in [0.5, 0.6) is 0 Å². The lowest BCUT2D eigenvalue weighted by Gasteiger charge is -2.52. The number of rotatable bonds is 3. The molecule has 3 fully saturated rings. The highest BCUT2D eigenvalue weighted by Crippen LogP contribution is 2.43. The first kappa shape index (κ1) is 20.0. The summed E-state index contributed by atoms with van der Waals surface area (Å²) in [6, 6.07) is 11.8. The van der Waals surface area contributed by atoms with Gasteiger partial charge in [0, 0.05) is 11.9 Å². The minimum Gasteiger partial charge on any atom is -0.444 e. The van der Waals surface area contributed by atoms with Crippen LogP contribution in [-0.4, -0.2) is 40.8 Å². The first-order chi connectivity index (χ1) is 13.7. The van der Waals surface area contributed by atoms with Gasteiger partial charge in [0.15, 0.2) is 0 Å². The van der Waals surface area contributed by atoms with Gasteiger partial charge in [-0.15, -0.1) is 0 Å². The lowest BCUT2D eigenvalue weighted by molar-refractivity contribution is -0.175. The molecule has 0 aliphatic carbocycles. The zero-order chi connectivity index (χ0) is 20.6. The molecule has 1 aromatic carbocycles. The Morgan fingerprint density at radius 1 is 1.28 bits per heavy atom. The number of halogens is 1. The van der Waals surface area contributed by atoms with Crippen molar-refractivity contribution in [2.45, 2.75) is 50.9 Å². The van der Waals surface area contributed by atoms with Crippen LogP contribution in [0.1, 0.15) is 39.2 Å². The van der Waals surface area contributed by atoms with Crippen LogP contribution < -0.4 is 5.32 Å². The maximum atomic E-state index is 12.7. The van der Waals surface area contributed by atoms with Crippen LogP contribution in [0.2, 0.25) is 5.02 Å². The molecule has 2 aromatic rings. The number of fused-ring (bicyclic) bond motifs is 3. The van der Waals surface area contributed by atoms with Crippen LogP contribution in [-0.2, 0) is 15.1 Å². The SMILES string of the molecule is CC(C)(C)OC(=O)N1CC2(c3ccc(Nc4ccc(Cl)cn4)cc3)CCC1CO2. The number of pyridine rings is 1. The maximum Gasteiger partial charge on any atom is 0.410 e. The molecule has 0 saturated carbocycles. The number of nitrogens with zero attached hydrogens (tertiary/aromatic N) is 2. The summed E-state index contributed by atoms with van der Waals surface area (Å²) in [6.07, 6.45) is 3.15. The maximum absolute atomic E-state index is 12.7. The molecule has 0 spiro atoms. The molecule has 5 rings (SSSR count). The summed E-state index contributed by atoms with van der Waals surface area (Å²) in [6.45, 7) is 6.72. The summed E-state index contributed by atoms with van der Waals surface area (Å²) < 4.78 is 11.8. The van der Waals surface area contributed by atoms with Crippen LogP contribution >= 0.6 is 11.6 Å². The summed E-state index contributed by atoms with van der Waals surface area (Å²) in [5, 5.41) is 3.86. The van der Waals surface area contributed by atoms with E-state index in [-0.39, 0.29) is 12.1 Å². The molecule has 2 bridgehead atoms. The second-order valence-corrected chi connectivity index (χ2v) is 9.11. The van der Waals surface area contributed by atoms with E-state index in [1.54, 1.807) is 12.3 Å². The monoisotopic (exact) mass is 415 g/mol. The van der Waals surface area contributed by atoms with Gasteiger partial charge in [-0.25, -0.2) is 9.78 Å². The van der Waals surface area contributed by atoms with E-state index in [9.17, 15) is 4.79 Å². The van der Waals surface area contributed by atoms with Crippen molar-refractivity contribution in [2.24, 2.45) is 0 Å². The number of amides is 1. The predicted octanol–water partition coefficient (Wildman–Crippen LogP) is 5.10. The van der Waals surface area contributed by atoms with Crippen molar-refractivity contribution >= 4 is 29.2 Å². The van der Waals surface area contributed by atoms with Gasteiger partial charge in [-0.1, -0.05) is 23.7 Å². The van der Waals surface area contributed by atoms with Gasteiger partial charge in [0.25, 0.3) is 0 Å². The Morgan fingerprint density at radius 3 is 2.62 bits per heavy atom. The molecule has 4 heterocycles. The average Bonchev–Trinajstić information content (AvgIpc) is 2.70. The molecule has 2 unspecified atom stereocenters. The molecule has 3 aliphatic rings. The van der Waals surface area contributed by atoms with Crippen molar-refractivity contribution in [3.63, 3.8) is 0 Å². The topological polar surface area (TPSA) is 63.7 Å². The molecular formula is C22H26ClN3O3. The normalized spacial score (nSPS) is 23.7. The van der Waals surface area contributed by atoms with Gasteiger partial charge < -0.3 is 14.8 Å². The molecule has 3 aliphatic heterocycles. The summed E-state index contributed by atoms with van der Waals surface area (Å²) in [5.41, 5.74) is 1.00. The van der Waals surface area contributed by atoms with Crippen LogP contribution in [0.3, 0.4) is 0 Å². The van der Waals surface area contributed by atoms with Crippen molar-refractivity contribution in [2.75, 3.05) is 18.5 Å². The van der Waals surface area contributed by atoms with Crippen molar-refractivity contribution in [1.82, 2.24) is 9.88 Å². The average molecular weight is 416 g/mol. The van der Waals surface area contributed by atoms with Crippen molar-refractivity contribution in [3.05, 3.63) is 53.2 Å². The van der Waals surface area contributed by atoms with Crippen molar-refractivity contribution in [3.8, 4) is 0 Å². The third kappa shape index (κ3) is 4.33. The number of carbonyl (C=O) groups is 1. The van der Waals surface area contributed by atoms with Gasteiger partial charge in [0.05, 0.1) is 24.2 Å². The third-order valence-corrected chi connectivity index (χ3v) is 5.56. The highest BCUT2D eigenvalue weighted by atomic mass is 35.5.